The van der Waals surface area contributed by atoms with Crippen LogP contribution in [0, 0.1) is 5.41 Å². The predicted octanol–water partition coefficient (Wildman–Crippen LogP) is 4.31. The van der Waals surface area contributed by atoms with Crippen molar-refractivity contribution in [1.29, 1.82) is 0 Å². The zero-order valence-corrected chi connectivity index (χ0v) is 13.3. The molecule has 0 heterocycles. The highest BCUT2D eigenvalue weighted by atomic mass is 16.4. The Balaban J connectivity index is 0.000000441. The molecule has 1 unspecified atom stereocenters. The third-order valence-corrected chi connectivity index (χ3v) is 3.72. The Morgan fingerprint density at radius 3 is 1.95 bits per heavy atom. The van der Waals surface area contributed by atoms with E-state index in [-0.39, 0.29) is 5.41 Å². The van der Waals surface area contributed by atoms with Crippen LogP contribution in [-0.4, -0.2) is 22.8 Å². The van der Waals surface area contributed by atoms with Gasteiger partial charge in [0.25, 0.3) is 0 Å². The van der Waals surface area contributed by atoms with Crippen molar-refractivity contribution in [1.82, 2.24) is 0 Å². The van der Waals surface area contributed by atoms with E-state index in [0.717, 1.165) is 12.8 Å². The standard InChI is InChI=1S/C11H14O2.C6H14O/c1-3-8(2)9-4-6-10(7-5-9)11(12)13;1-4-6(2,3)5-7/h4-8H,3H2,1-2H3,(H,12,13);7H,4-5H2,1-3H3. The van der Waals surface area contributed by atoms with Crippen LogP contribution in [0.25, 0.3) is 0 Å². The SMILES string of the molecule is CCC(C)(C)CO.CCC(C)c1ccc(C(=O)O)cc1. The maximum atomic E-state index is 10.6. The van der Waals surface area contributed by atoms with Crippen LogP contribution in [0.15, 0.2) is 24.3 Å². The number of carboxylic acid groups (broad SMARTS) is 1. The number of rotatable bonds is 5. The average molecular weight is 280 g/mol. The molecule has 0 aliphatic heterocycles. The largest absolute Gasteiger partial charge is 0.478 e. The van der Waals surface area contributed by atoms with Gasteiger partial charge in [0, 0.05) is 6.61 Å². The lowest BCUT2D eigenvalue weighted by Gasteiger charge is -2.17. The molecule has 1 rings (SSSR count). The lowest BCUT2D eigenvalue weighted by molar-refractivity contribution is 0.0697. The summed E-state index contributed by atoms with van der Waals surface area (Å²) in [5.41, 5.74) is 1.69. The molecule has 0 bridgehead atoms. The second-order valence-corrected chi connectivity index (χ2v) is 5.91. The first-order chi connectivity index (χ1) is 9.27. The van der Waals surface area contributed by atoms with Gasteiger partial charge in [-0.15, -0.1) is 0 Å². The minimum absolute atomic E-state index is 0.139. The minimum Gasteiger partial charge on any atom is -0.478 e. The second-order valence-electron chi connectivity index (χ2n) is 5.91. The first-order valence-corrected chi connectivity index (χ1v) is 7.21. The summed E-state index contributed by atoms with van der Waals surface area (Å²) in [5, 5.41) is 17.3. The van der Waals surface area contributed by atoms with Crippen molar-refractivity contribution < 1.29 is 15.0 Å². The number of aromatic carboxylic acids is 1. The number of hydrogen-bond acceptors (Lipinski definition) is 2. The molecule has 1 atom stereocenters. The summed E-state index contributed by atoms with van der Waals surface area (Å²) in [6.07, 6.45) is 2.12. The van der Waals surface area contributed by atoms with Gasteiger partial charge in [-0.05, 0) is 41.9 Å². The molecule has 0 saturated carbocycles. The summed E-state index contributed by atoms with van der Waals surface area (Å²) in [4.78, 5) is 10.6. The van der Waals surface area contributed by atoms with Crippen LogP contribution in [0.2, 0.25) is 0 Å². The van der Waals surface area contributed by atoms with E-state index >= 15 is 0 Å². The van der Waals surface area contributed by atoms with Crippen LogP contribution in [0.5, 0.6) is 0 Å². The number of carboxylic acids is 1. The number of benzene rings is 1. The molecule has 114 valence electrons. The van der Waals surface area contributed by atoms with Gasteiger partial charge in [0.15, 0.2) is 0 Å². The van der Waals surface area contributed by atoms with E-state index in [9.17, 15) is 4.79 Å². The fourth-order valence-corrected chi connectivity index (χ4v) is 1.30. The molecule has 20 heavy (non-hydrogen) atoms. The van der Waals surface area contributed by atoms with Crippen molar-refractivity contribution in [2.24, 2.45) is 5.41 Å². The smallest absolute Gasteiger partial charge is 0.335 e. The van der Waals surface area contributed by atoms with Crippen molar-refractivity contribution in [3.8, 4) is 0 Å². The van der Waals surface area contributed by atoms with Crippen LogP contribution in [0.4, 0.5) is 0 Å². The molecule has 3 heteroatoms. The zero-order valence-electron chi connectivity index (χ0n) is 13.3. The van der Waals surface area contributed by atoms with Gasteiger partial charge in [0.05, 0.1) is 5.56 Å². The van der Waals surface area contributed by atoms with Crippen LogP contribution < -0.4 is 0 Å². The first kappa shape index (κ1) is 18.7. The molecular weight excluding hydrogens is 252 g/mol. The average Bonchev–Trinajstić information content (AvgIpc) is 2.47. The summed E-state index contributed by atoms with van der Waals surface area (Å²) < 4.78 is 0. The Kier molecular flexibility index (Phi) is 8.16. The molecule has 0 radical (unpaired) electrons. The molecule has 3 nitrogen and oxygen atoms in total. The quantitative estimate of drug-likeness (QED) is 0.844. The number of carbonyl (C=O) groups is 1. The molecule has 0 amide bonds. The van der Waals surface area contributed by atoms with E-state index in [1.165, 1.54) is 5.56 Å². The van der Waals surface area contributed by atoms with Crippen molar-refractivity contribution in [3.63, 3.8) is 0 Å². The van der Waals surface area contributed by atoms with Crippen molar-refractivity contribution in [2.45, 2.75) is 53.4 Å². The maximum Gasteiger partial charge on any atom is 0.335 e. The molecule has 2 N–H and O–H groups in total. The number of aliphatic hydroxyl groups is 1. The summed E-state index contributed by atoms with van der Waals surface area (Å²) in [6, 6.07) is 7.09. The molecule has 0 aliphatic carbocycles. The first-order valence-electron chi connectivity index (χ1n) is 7.21. The highest BCUT2D eigenvalue weighted by molar-refractivity contribution is 5.87. The second kappa shape index (κ2) is 8.75. The van der Waals surface area contributed by atoms with E-state index in [4.69, 9.17) is 10.2 Å². The third kappa shape index (κ3) is 6.71. The van der Waals surface area contributed by atoms with Gasteiger partial charge in [-0.25, -0.2) is 4.79 Å². The fraction of sp³-hybridized carbons (Fsp3) is 0.588. The lowest BCUT2D eigenvalue weighted by atomic mass is 9.92. The topological polar surface area (TPSA) is 57.5 Å². The van der Waals surface area contributed by atoms with E-state index in [1.807, 2.05) is 26.0 Å². The molecule has 0 aromatic heterocycles. The summed E-state index contributed by atoms with van der Waals surface area (Å²) in [6.45, 7) is 10.7. The van der Waals surface area contributed by atoms with E-state index in [1.54, 1.807) is 12.1 Å². The number of aliphatic hydroxyl groups excluding tert-OH is 1. The molecule has 1 aromatic carbocycles. The normalized spacial score (nSPS) is 12.3. The van der Waals surface area contributed by atoms with Gasteiger partial charge in [-0.3, -0.25) is 0 Å². The van der Waals surface area contributed by atoms with E-state index < -0.39 is 5.97 Å². The van der Waals surface area contributed by atoms with Gasteiger partial charge < -0.3 is 10.2 Å². The zero-order chi connectivity index (χ0) is 15.8. The Morgan fingerprint density at radius 1 is 1.20 bits per heavy atom. The van der Waals surface area contributed by atoms with Crippen LogP contribution in [-0.2, 0) is 0 Å². The van der Waals surface area contributed by atoms with Crippen LogP contribution in [0.3, 0.4) is 0 Å². The van der Waals surface area contributed by atoms with Crippen LogP contribution in [0.1, 0.15) is 69.3 Å². The van der Waals surface area contributed by atoms with Gasteiger partial charge in [-0.2, -0.15) is 0 Å². The maximum absolute atomic E-state index is 10.6. The van der Waals surface area contributed by atoms with E-state index in [2.05, 4.69) is 20.8 Å². The van der Waals surface area contributed by atoms with Crippen molar-refractivity contribution in [2.75, 3.05) is 6.61 Å². The fourth-order valence-electron chi connectivity index (χ4n) is 1.30. The monoisotopic (exact) mass is 280 g/mol. The van der Waals surface area contributed by atoms with Gasteiger partial charge in [-0.1, -0.05) is 46.8 Å². The predicted molar refractivity (Wildman–Crippen MR) is 83.3 cm³/mol. The van der Waals surface area contributed by atoms with E-state index in [0.29, 0.717) is 18.1 Å². The van der Waals surface area contributed by atoms with Gasteiger partial charge in [0.2, 0.25) is 0 Å². The van der Waals surface area contributed by atoms with Crippen molar-refractivity contribution in [3.05, 3.63) is 35.4 Å². The molecule has 0 fully saturated rings. The number of hydrogen-bond donors (Lipinski definition) is 2. The molecule has 1 aromatic rings. The van der Waals surface area contributed by atoms with Crippen molar-refractivity contribution >= 4 is 5.97 Å². The summed E-state index contributed by atoms with van der Waals surface area (Å²) in [7, 11) is 0. The molecule has 0 aliphatic rings. The summed E-state index contributed by atoms with van der Waals surface area (Å²) >= 11 is 0. The van der Waals surface area contributed by atoms with Gasteiger partial charge >= 0.3 is 5.97 Å². The van der Waals surface area contributed by atoms with Gasteiger partial charge in [0.1, 0.15) is 0 Å². The Labute approximate surface area is 122 Å². The molecular formula is C17H28O3. The Bertz CT molecular complexity index is 387. The highest BCUT2D eigenvalue weighted by Crippen LogP contribution is 2.18. The minimum atomic E-state index is -0.865. The summed E-state index contributed by atoms with van der Waals surface area (Å²) in [5.74, 6) is -0.362. The Morgan fingerprint density at radius 2 is 1.70 bits per heavy atom. The molecule has 0 saturated heterocycles. The molecule has 0 spiro atoms. The highest BCUT2D eigenvalue weighted by Gasteiger charge is 2.11. The Hall–Kier alpha value is -1.35. The lowest BCUT2D eigenvalue weighted by Crippen LogP contribution is -2.14. The third-order valence-electron chi connectivity index (χ3n) is 3.72. The van der Waals surface area contributed by atoms with Crippen LogP contribution >= 0.6 is 0 Å².